The Bertz CT molecular complexity index is 722. The highest BCUT2D eigenvalue weighted by Crippen LogP contribution is 2.24. The number of fused-ring (bicyclic) bond motifs is 1. The molecule has 102 valence electrons. The van der Waals surface area contributed by atoms with Gasteiger partial charge in [-0.05, 0) is 12.1 Å². The first-order valence-corrected chi connectivity index (χ1v) is 6.20. The van der Waals surface area contributed by atoms with Gasteiger partial charge in [-0.15, -0.1) is 0 Å². The Labute approximate surface area is 116 Å². The van der Waals surface area contributed by atoms with Gasteiger partial charge in [0.05, 0.1) is 25.6 Å². The summed E-state index contributed by atoms with van der Waals surface area (Å²) < 4.78 is 6.46. The predicted octanol–water partition coefficient (Wildman–Crippen LogP) is 1.47. The maximum Gasteiger partial charge on any atom is 0.300 e. The van der Waals surface area contributed by atoms with Gasteiger partial charge in [-0.2, -0.15) is 4.98 Å². The van der Waals surface area contributed by atoms with Crippen molar-refractivity contribution in [3.63, 3.8) is 0 Å². The van der Waals surface area contributed by atoms with Gasteiger partial charge in [0.25, 0.3) is 5.56 Å². The SMILES string of the molecule is COc1nc2c(c(=O)n1C)CN(c1ccccc1)C=N2. The molecule has 0 atom stereocenters. The Hall–Kier alpha value is -2.63. The molecule has 0 saturated carbocycles. The molecule has 0 bridgehead atoms. The molecule has 0 N–H and O–H groups in total. The van der Waals surface area contributed by atoms with Crippen molar-refractivity contribution in [1.82, 2.24) is 9.55 Å². The normalized spacial score (nSPS) is 13.2. The van der Waals surface area contributed by atoms with Crippen LogP contribution in [0.25, 0.3) is 0 Å². The lowest BCUT2D eigenvalue weighted by Gasteiger charge is -2.24. The number of anilines is 1. The second-order valence-corrected chi connectivity index (χ2v) is 4.47. The summed E-state index contributed by atoms with van der Waals surface area (Å²) in [5.74, 6) is 0.428. The minimum atomic E-state index is -0.135. The van der Waals surface area contributed by atoms with Gasteiger partial charge >= 0.3 is 6.01 Å². The smallest absolute Gasteiger partial charge is 0.300 e. The van der Waals surface area contributed by atoms with E-state index in [9.17, 15) is 4.79 Å². The van der Waals surface area contributed by atoms with Gasteiger partial charge in [0.15, 0.2) is 5.82 Å². The number of aliphatic imine (C=N–C) groups is 1. The summed E-state index contributed by atoms with van der Waals surface area (Å²) in [6.07, 6.45) is 1.68. The maximum absolute atomic E-state index is 12.3. The van der Waals surface area contributed by atoms with Crippen molar-refractivity contribution >= 4 is 17.8 Å². The molecule has 2 aromatic rings. The zero-order valence-electron chi connectivity index (χ0n) is 11.3. The van der Waals surface area contributed by atoms with Gasteiger partial charge in [0.1, 0.15) is 0 Å². The Morgan fingerprint density at radius 2 is 2.00 bits per heavy atom. The standard InChI is InChI=1S/C14H14N4O2/c1-17-13(19)11-8-18(10-6-4-3-5-7-10)9-15-12(11)16-14(17)20-2/h3-7,9H,8H2,1-2H3. The quantitative estimate of drug-likeness (QED) is 0.829. The van der Waals surface area contributed by atoms with Crippen molar-refractivity contribution in [2.45, 2.75) is 6.54 Å². The molecule has 0 amide bonds. The summed E-state index contributed by atoms with van der Waals surface area (Å²) in [6.45, 7) is 0.451. The van der Waals surface area contributed by atoms with Crippen molar-refractivity contribution in [3.05, 3.63) is 46.2 Å². The van der Waals surface area contributed by atoms with Crippen LogP contribution >= 0.6 is 0 Å². The largest absolute Gasteiger partial charge is 0.468 e. The van der Waals surface area contributed by atoms with Crippen LogP contribution in [0.3, 0.4) is 0 Å². The van der Waals surface area contributed by atoms with Crippen LogP contribution < -0.4 is 15.2 Å². The van der Waals surface area contributed by atoms with Crippen LogP contribution in [0.5, 0.6) is 6.01 Å². The van der Waals surface area contributed by atoms with Crippen molar-refractivity contribution in [2.75, 3.05) is 12.0 Å². The number of rotatable bonds is 2. The fourth-order valence-electron chi connectivity index (χ4n) is 2.16. The molecule has 1 aliphatic heterocycles. The minimum Gasteiger partial charge on any atom is -0.468 e. The van der Waals surface area contributed by atoms with E-state index in [0.717, 1.165) is 5.69 Å². The molecule has 6 nitrogen and oxygen atoms in total. The number of hydrogen-bond donors (Lipinski definition) is 0. The van der Waals surface area contributed by atoms with Crippen LogP contribution in [0.4, 0.5) is 11.5 Å². The van der Waals surface area contributed by atoms with Gasteiger partial charge in [-0.3, -0.25) is 9.36 Å². The van der Waals surface area contributed by atoms with E-state index in [0.29, 0.717) is 17.9 Å². The fraction of sp³-hybridized carbons (Fsp3) is 0.214. The molecule has 20 heavy (non-hydrogen) atoms. The first-order valence-electron chi connectivity index (χ1n) is 6.20. The van der Waals surface area contributed by atoms with Crippen LogP contribution in [-0.2, 0) is 13.6 Å². The molecule has 6 heteroatoms. The molecule has 0 unspecified atom stereocenters. The van der Waals surface area contributed by atoms with Crippen LogP contribution in [0.2, 0.25) is 0 Å². The lowest BCUT2D eigenvalue weighted by molar-refractivity contribution is 0.356. The van der Waals surface area contributed by atoms with Crippen LogP contribution in [0.1, 0.15) is 5.56 Å². The summed E-state index contributed by atoms with van der Waals surface area (Å²) in [7, 11) is 3.12. The number of ether oxygens (including phenoxy) is 1. The highest BCUT2D eigenvalue weighted by atomic mass is 16.5. The molecule has 0 saturated heterocycles. The van der Waals surface area contributed by atoms with E-state index < -0.39 is 0 Å². The highest BCUT2D eigenvalue weighted by Gasteiger charge is 2.20. The molecule has 2 heterocycles. The van der Waals surface area contributed by atoms with E-state index in [2.05, 4.69) is 9.98 Å². The number of para-hydroxylation sites is 1. The molecule has 1 aliphatic rings. The average Bonchev–Trinajstić information content (AvgIpc) is 2.51. The Kier molecular flexibility index (Phi) is 2.98. The Morgan fingerprint density at radius 1 is 1.25 bits per heavy atom. The molecule has 0 spiro atoms. The molecule has 1 aromatic heterocycles. The maximum atomic E-state index is 12.3. The van der Waals surface area contributed by atoms with Crippen LogP contribution in [0.15, 0.2) is 40.1 Å². The Morgan fingerprint density at radius 3 is 2.70 bits per heavy atom. The number of benzene rings is 1. The molecule has 0 aliphatic carbocycles. The van der Waals surface area contributed by atoms with E-state index in [1.165, 1.54) is 11.7 Å². The third kappa shape index (κ3) is 1.95. The van der Waals surface area contributed by atoms with E-state index >= 15 is 0 Å². The lowest BCUT2D eigenvalue weighted by Crippen LogP contribution is -2.32. The van der Waals surface area contributed by atoms with E-state index in [4.69, 9.17) is 4.74 Å². The fourth-order valence-corrected chi connectivity index (χ4v) is 2.16. The second-order valence-electron chi connectivity index (χ2n) is 4.47. The molecular weight excluding hydrogens is 256 g/mol. The van der Waals surface area contributed by atoms with E-state index in [1.54, 1.807) is 13.4 Å². The first-order chi connectivity index (χ1) is 9.70. The van der Waals surface area contributed by atoms with Gasteiger partial charge in [-0.1, -0.05) is 18.2 Å². The minimum absolute atomic E-state index is 0.135. The second kappa shape index (κ2) is 4.80. The Balaban J connectivity index is 2.05. The van der Waals surface area contributed by atoms with E-state index in [-0.39, 0.29) is 11.6 Å². The van der Waals surface area contributed by atoms with Gasteiger partial charge in [0, 0.05) is 12.7 Å². The number of nitrogens with zero attached hydrogens (tertiary/aromatic N) is 4. The summed E-state index contributed by atoms with van der Waals surface area (Å²) in [5, 5.41) is 0. The van der Waals surface area contributed by atoms with Crippen molar-refractivity contribution in [2.24, 2.45) is 12.0 Å². The molecule has 0 fully saturated rings. The summed E-state index contributed by atoms with van der Waals surface area (Å²) in [6, 6.07) is 10.0. The zero-order chi connectivity index (χ0) is 14.1. The number of hydrogen-bond acceptors (Lipinski definition) is 5. The molecular formula is C14H14N4O2. The van der Waals surface area contributed by atoms with Crippen LogP contribution in [-0.4, -0.2) is 23.0 Å². The summed E-state index contributed by atoms with van der Waals surface area (Å²) in [5.41, 5.74) is 1.42. The third-order valence-electron chi connectivity index (χ3n) is 3.24. The number of aromatic nitrogens is 2. The molecule has 3 rings (SSSR count). The first kappa shape index (κ1) is 12.4. The monoisotopic (exact) mass is 270 g/mol. The third-order valence-corrected chi connectivity index (χ3v) is 3.24. The summed E-state index contributed by atoms with van der Waals surface area (Å²) >= 11 is 0. The topological polar surface area (TPSA) is 59.7 Å². The molecule has 0 radical (unpaired) electrons. The molecule has 1 aromatic carbocycles. The van der Waals surface area contributed by atoms with Gasteiger partial charge in [-0.25, -0.2) is 4.99 Å². The van der Waals surface area contributed by atoms with E-state index in [1.807, 2.05) is 35.2 Å². The average molecular weight is 270 g/mol. The van der Waals surface area contributed by atoms with Gasteiger partial charge in [0.2, 0.25) is 0 Å². The summed E-state index contributed by atoms with van der Waals surface area (Å²) in [4.78, 5) is 22.7. The van der Waals surface area contributed by atoms with Crippen molar-refractivity contribution in [3.8, 4) is 6.01 Å². The lowest BCUT2D eigenvalue weighted by atomic mass is 10.2. The van der Waals surface area contributed by atoms with Gasteiger partial charge < -0.3 is 9.64 Å². The van der Waals surface area contributed by atoms with Crippen molar-refractivity contribution in [1.29, 1.82) is 0 Å². The van der Waals surface area contributed by atoms with Crippen molar-refractivity contribution < 1.29 is 4.74 Å². The zero-order valence-corrected chi connectivity index (χ0v) is 11.3. The highest BCUT2D eigenvalue weighted by molar-refractivity contribution is 5.83. The number of methoxy groups -OCH3 is 1. The van der Waals surface area contributed by atoms with Crippen LogP contribution in [0, 0.1) is 0 Å². The predicted molar refractivity (Wildman–Crippen MR) is 76.8 cm³/mol.